The summed E-state index contributed by atoms with van der Waals surface area (Å²) < 4.78 is 39.7. The summed E-state index contributed by atoms with van der Waals surface area (Å²) in [5.41, 5.74) is 0. The van der Waals surface area contributed by atoms with Crippen LogP contribution in [0.2, 0.25) is 0 Å². The molecule has 0 aliphatic heterocycles. The van der Waals surface area contributed by atoms with Crippen molar-refractivity contribution in [2.24, 2.45) is 0 Å². The average Bonchev–Trinajstić information content (AvgIpc) is 2.67. The Bertz CT molecular complexity index is 685. The fourth-order valence-corrected chi connectivity index (χ4v) is 3.38. The Balaban J connectivity index is 2.33. The zero-order valence-corrected chi connectivity index (χ0v) is 12.4. The second-order valence-electron chi connectivity index (χ2n) is 3.46. The van der Waals surface area contributed by atoms with Gasteiger partial charge >= 0.3 is 0 Å². The van der Waals surface area contributed by atoms with Gasteiger partial charge in [0.25, 0.3) is 10.0 Å². The SMILES string of the molecule is Cc1cnc(NS(=O)(=O)c2ccc(Br)c(F)c2)s1. The number of anilines is 1. The molecule has 18 heavy (non-hydrogen) atoms. The minimum Gasteiger partial charge on any atom is -0.255 e. The Labute approximate surface area is 116 Å². The van der Waals surface area contributed by atoms with Gasteiger partial charge in [-0.05, 0) is 41.1 Å². The van der Waals surface area contributed by atoms with Crippen molar-refractivity contribution in [1.82, 2.24) is 4.98 Å². The maximum absolute atomic E-state index is 13.3. The van der Waals surface area contributed by atoms with Crippen molar-refractivity contribution >= 4 is 42.4 Å². The van der Waals surface area contributed by atoms with Gasteiger partial charge in [-0.1, -0.05) is 0 Å². The number of rotatable bonds is 3. The minimum atomic E-state index is -3.80. The van der Waals surface area contributed by atoms with Gasteiger partial charge in [0.15, 0.2) is 5.13 Å². The highest BCUT2D eigenvalue weighted by Gasteiger charge is 2.17. The van der Waals surface area contributed by atoms with Crippen LogP contribution in [0, 0.1) is 12.7 Å². The van der Waals surface area contributed by atoms with Gasteiger partial charge in [0.05, 0.1) is 9.37 Å². The molecule has 96 valence electrons. The summed E-state index contributed by atoms with van der Waals surface area (Å²) in [6.45, 7) is 1.81. The molecular weight excluding hydrogens is 343 g/mol. The van der Waals surface area contributed by atoms with Crippen LogP contribution in [0.25, 0.3) is 0 Å². The predicted octanol–water partition coefficient (Wildman–Crippen LogP) is 3.15. The molecule has 0 aliphatic carbocycles. The molecule has 1 heterocycles. The van der Waals surface area contributed by atoms with E-state index < -0.39 is 15.8 Å². The molecular formula is C10H8BrFN2O2S2. The molecule has 0 fully saturated rings. The lowest BCUT2D eigenvalue weighted by Crippen LogP contribution is -2.12. The number of thiazole rings is 1. The van der Waals surface area contributed by atoms with Crippen LogP contribution in [-0.4, -0.2) is 13.4 Å². The van der Waals surface area contributed by atoms with Crippen molar-refractivity contribution in [2.75, 3.05) is 4.72 Å². The first kappa shape index (κ1) is 13.4. The highest BCUT2D eigenvalue weighted by Crippen LogP contribution is 2.23. The summed E-state index contributed by atoms with van der Waals surface area (Å²) in [5, 5.41) is 0.260. The van der Waals surface area contributed by atoms with Crippen molar-refractivity contribution < 1.29 is 12.8 Å². The monoisotopic (exact) mass is 350 g/mol. The Kier molecular flexibility index (Phi) is 3.69. The van der Waals surface area contributed by atoms with E-state index in [9.17, 15) is 12.8 Å². The number of nitrogens with zero attached hydrogens (tertiary/aromatic N) is 1. The first-order valence-corrected chi connectivity index (χ1v) is 7.88. The number of hydrogen-bond donors (Lipinski definition) is 1. The Morgan fingerprint density at radius 1 is 1.44 bits per heavy atom. The van der Waals surface area contributed by atoms with Crippen LogP contribution in [-0.2, 0) is 10.0 Å². The summed E-state index contributed by atoms with van der Waals surface area (Å²) in [6, 6.07) is 3.61. The highest BCUT2D eigenvalue weighted by atomic mass is 79.9. The van der Waals surface area contributed by atoms with E-state index in [4.69, 9.17) is 0 Å². The molecule has 0 amide bonds. The summed E-state index contributed by atoms with van der Waals surface area (Å²) in [6.07, 6.45) is 1.56. The van der Waals surface area contributed by atoms with E-state index in [2.05, 4.69) is 25.6 Å². The van der Waals surface area contributed by atoms with Gasteiger partial charge in [-0.15, -0.1) is 11.3 Å². The van der Waals surface area contributed by atoms with Gasteiger partial charge in [-0.25, -0.2) is 17.8 Å². The second kappa shape index (κ2) is 4.94. The molecule has 4 nitrogen and oxygen atoms in total. The molecule has 2 rings (SSSR count). The zero-order valence-electron chi connectivity index (χ0n) is 9.15. The first-order chi connectivity index (χ1) is 8.38. The fourth-order valence-electron chi connectivity index (χ4n) is 1.22. The molecule has 2 aromatic rings. The number of halogens is 2. The molecule has 0 bridgehead atoms. The van der Waals surface area contributed by atoms with Crippen molar-refractivity contribution in [3.8, 4) is 0 Å². The molecule has 1 aromatic heterocycles. The fraction of sp³-hybridized carbons (Fsp3) is 0.100. The van der Waals surface area contributed by atoms with Crippen LogP contribution in [0.4, 0.5) is 9.52 Å². The van der Waals surface area contributed by atoms with Gasteiger partial charge < -0.3 is 0 Å². The Morgan fingerprint density at radius 3 is 2.72 bits per heavy atom. The van der Waals surface area contributed by atoms with Crippen molar-refractivity contribution in [1.29, 1.82) is 0 Å². The lowest BCUT2D eigenvalue weighted by Gasteiger charge is -2.05. The summed E-state index contributed by atoms with van der Waals surface area (Å²) in [5.74, 6) is -0.631. The molecule has 1 N–H and O–H groups in total. The molecule has 0 radical (unpaired) electrons. The molecule has 0 saturated carbocycles. The van der Waals surface area contributed by atoms with Crippen LogP contribution >= 0.6 is 27.3 Å². The number of benzene rings is 1. The summed E-state index contributed by atoms with van der Waals surface area (Å²) in [4.78, 5) is 4.63. The summed E-state index contributed by atoms with van der Waals surface area (Å²) in [7, 11) is -3.80. The number of aromatic nitrogens is 1. The Hall–Kier alpha value is -0.990. The maximum atomic E-state index is 13.3. The normalized spacial score (nSPS) is 11.5. The van der Waals surface area contributed by atoms with E-state index in [0.717, 1.165) is 10.9 Å². The van der Waals surface area contributed by atoms with Crippen LogP contribution in [0.3, 0.4) is 0 Å². The third-order valence-corrected chi connectivity index (χ3v) is 4.98. The van der Waals surface area contributed by atoms with Gasteiger partial charge in [0.1, 0.15) is 5.82 Å². The van der Waals surface area contributed by atoms with E-state index in [0.29, 0.717) is 0 Å². The highest BCUT2D eigenvalue weighted by molar-refractivity contribution is 9.10. The second-order valence-corrected chi connectivity index (χ2v) is 7.23. The lowest BCUT2D eigenvalue weighted by atomic mass is 10.3. The van der Waals surface area contributed by atoms with Gasteiger partial charge in [0.2, 0.25) is 0 Å². The Morgan fingerprint density at radius 2 is 2.17 bits per heavy atom. The molecule has 0 unspecified atom stereocenters. The van der Waals surface area contributed by atoms with Gasteiger partial charge in [-0.3, -0.25) is 4.72 Å². The average molecular weight is 351 g/mol. The number of sulfonamides is 1. The third kappa shape index (κ3) is 2.88. The van der Waals surface area contributed by atoms with E-state index in [1.807, 2.05) is 6.92 Å². The van der Waals surface area contributed by atoms with Gasteiger partial charge in [-0.2, -0.15) is 0 Å². The van der Waals surface area contributed by atoms with Crippen LogP contribution in [0.5, 0.6) is 0 Å². The van der Waals surface area contributed by atoms with E-state index >= 15 is 0 Å². The standard InChI is InChI=1S/C10H8BrFN2O2S2/c1-6-5-13-10(17-6)14-18(15,16)7-2-3-8(11)9(12)4-7/h2-5H,1H3,(H,13,14). The number of aryl methyl sites for hydroxylation is 1. The largest absolute Gasteiger partial charge is 0.263 e. The topological polar surface area (TPSA) is 59.1 Å². The number of hydrogen-bond acceptors (Lipinski definition) is 4. The van der Waals surface area contributed by atoms with Crippen molar-refractivity contribution in [2.45, 2.75) is 11.8 Å². The van der Waals surface area contributed by atoms with Crippen LogP contribution < -0.4 is 4.72 Å². The third-order valence-electron chi connectivity index (χ3n) is 2.04. The van der Waals surface area contributed by atoms with E-state index in [1.54, 1.807) is 6.20 Å². The molecule has 0 saturated heterocycles. The van der Waals surface area contributed by atoms with E-state index in [-0.39, 0.29) is 14.5 Å². The molecule has 8 heteroatoms. The van der Waals surface area contributed by atoms with Crippen molar-refractivity contribution in [3.05, 3.63) is 39.6 Å². The molecule has 0 aliphatic rings. The molecule has 0 spiro atoms. The maximum Gasteiger partial charge on any atom is 0.263 e. The number of nitrogens with one attached hydrogen (secondary N) is 1. The zero-order chi connectivity index (χ0) is 13.3. The van der Waals surface area contributed by atoms with Gasteiger partial charge in [0, 0.05) is 11.1 Å². The van der Waals surface area contributed by atoms with Crippen LogP contribution in [0.15, 0.2) is 33.8 Å². The smallest absolute Gasteiger partial charge is 0.255 e. The summed E-state index contributed by atoms with van der Waals surface area (Å²) >= 11 is 4.18. The van der Waals surface area contributed by atoms with Crippen molar-refractivity contribution in [3.63, 3.8) is 0 Å². The van der Waals surface area contributed by atoms with Crippen LogP contribution in [0.1, 0.15) is 4.88 Å². The minimum absolute atomic E-state index is 0.143. The first-order valence-electron chi connectivity index (χ1n) is 4.79. The lowest BCUT2D eigenvalue weighted by molar-refractivity contribution is 0.593. The quantitative estimate of drug-likeness (QED) is 0.924. The molecule has 0 atom stereocenters. The van der Waals surface area contributed by atoms with E-state index in [1.165, 1.54) is 23.5 Å². The molecule has 1 aromatic carbocycles. The predicted molar refractivity (Wildman–Crippen MR) is 71.8 cm³/mol.